The van der Waals surface area contributed by atoms with Crippen molar-refractivity contribution >= 4 is 44.8 Å². The van der Waals surface area contributed by atoms with Crippen LogP contribution in [-0.4, -0.2) is 55.0 Å². The molecule has 2 aromatic rings. The van der Waals surface area contributed by atoms with Crippen LogP contribution in [0.2, 0.25) is 0 Å². The summed E-state index contributed by atoms with van der Waals surface area (Å²) in [6.07, 6.45) is 2.42. The van der Waals surface area contributed by atoms with Crippen molar-refractivity contribution in [3.63, 3.8) is 0 Å². The number of nitrogens with zero attached hydrogens (tertiary/aromatic N) is 2. The van der Waals surface area contributed by atoms with Gasteiger partial charge in [0, 0.05) is 25.6 Å². The number of halogens is 1. The third kappa shape index (κ3) is 5.60. The topological polar surface area (TPSA) is 83.6 Å². The molecule has 0 aliphatic carbocycles. The summed E-state index contributed by atoms with van der Waals surface area (Å²) in [6.45, 7) is 3.77. The van der Waals surface area contributed by atoms with E-state index in [-0.39, 0.29) is 11.8 Å². The number of benzene rings is 1. The summed E-state index contributed by atoms with van der Waals surface area (Å²) >= 11 is 4.59. The van der Waals surface area contributed by atoms with E-state index in [0.29, 0.717) is 34.0 Å². The van der Waals surface area contributed by atoms with E-state index in [1.54, 1.807) is 18.6 Å². The van der Waals surface area contributed by atoms with E-state index in [2.05, 4.69) is 36.4 Å². The average molecular weight is 467 g/mol. The van der Waals surface area contributed by atoms with Gasteiger partial charge in [0.25, 0.3) is 11.8 Å². The van der Waals surface area contributed by atoms with Crippen molar-refractivity contribution in [2.24, 2.45) is 0 Å². The summed E-state index contributed by atoms with van der Waals surface area (Å²) < 4.78 is 5.63. The number of carbonyl (C=O) groups is 2. The largest absolute Gasteiger partial charge is 0.383 e. The molecule has 0 bridgehead atoms. The highest BCUT2D eigenvalue weighted by Crippen LogP contribution is 2.22. The lowest BCUT2D eigenvalue weighted by atomic mass is 10.1. The number of amides is 2. The van der Waals surface area contributed by atoms with Crippen LogP contribution in [0.25, 0.3) is 0 Å². The van der Waals surface area contributed by atoms with Gasteiger partial charge in [-0.15, -0.1) is 11.3 Å². The second-order valence-electron chi connectivity index (χ2n) is 6.55. The number of hydrogen-bond donors (Lipinski definition) is 2. The fourth-order valence-corrected chi connectivity index (χ4v) is 4.08. The zero-order valence-electron chi connectivity index (χ0n) is 15.7. The molecule has 0 atom stereocenters. The SMILES string of the molecule is COCCNC(=O)c1cc(CN2CCCC2)ccc1NC(=O)c1csc(Br)n1. The van der Waals surface area contributed by atoms with Gasteiger partial charge in [-0.1, -0.05) is 6.07 Å². The Morgan fingerprint density at radius 2 is 2.07 bits per heavy atom. The van der Waals surface area contributed by atoms with Crippen LogP contribution in [0.1, 0.15) is 39.3 Å². The quantitative estimate of drug-likeness (QED) is 0.583. The van der Waals surface area contributed by atoms with Crippen LogP contribution in [0.3, 0.4) is 0 Å². The van der Waals surface area contributed by atoms with Crippen LogP contribution < -0.4 is 10.6 Å². The van der Waals surface area contributed by atoms with Gasteiger partial charge in [0.15, 0.2) is 3.92 Å². The number of carbonyl (C=O) groups excluding carboxylic acids is 2. The van der Waals surface area contributed by atoms with Gasteiger partial charge >= 0.3 is 0 Å². The average Bonchev–Trinajstić information content (AvgIpc) is 3.34. The van der Waals surface area contributed by atoms with E-state index in [1.807, 2.05) is 12.1 Å². The van der Waals surface area contributed by atoms with E-state index >= 15 is 0 Å². The van der Waals surface area contributed by atoms with Crippen LogP contribution in [0.5, 0.6) is 0 Å². The maximum Gasteiger partial charge on any atom is 0.275 e. The Labute approximate surface area is 176 Å². The maximum atomic E-state index is 12.7. The minimum atomic E-state index is -0.347. The van der Waals surface area contributed by atoms with Crippen molar-refractivity contribution in [1.29, 1.82) is 0 Å². The molecule has 1 fully saturated rings. The highest BCUT2D eigenvalue weighted by molar-refractivity contribution is 9.11. The summed E-state index contributed by atoms with van der Waals surface area (Å²) in [5.74, 6) is -0.588. The summed E-state index contributed by atoms with van der Waals surface area (Å²) in [4.78, 5) is 31.7. The summed E-state index contributed by atoms with van der Waals surface area (Å²) in [6, 6.07) is 5.60. The molecule has 1 aliphatic heterocycles. The molecule has 9 heteroatoms. The number of nitrogens with one attached hydrogen (secondary N) is 2. The molecule has 2 heterocycles. The third-order valence-corrected chi connectivity index (χ3v) is 5.85. The molecule has 1 saturated heterocycles. The van der Waals surface area contributed by atoms with Crippen molar-refractivity contribution in [2.75, 3.05) is 38.7 Å². The Hall–Kier alpha value is -1.81. The molecular weight excluding hydrogens is 444 g/mol. The van der Waals surface area contributed by atoms with E-state index < -0.39 is 0 Å². The van der Waals surface area contributed by atoms with Crippen LogP contribution >= 0.6 is 27.3 Å². The van der Waals surface area contributed by atoms with Gasteiger partial charge in [-0.25, -0.2) is 4.98 Å². The van der Waals surface area contributed by atoms with Crippen molar-refractivity contribution < 1.29 is 14.3 Å². The van der Waals surface area contributed by atoms with E-state index in [4.69, 9.17) is 4.74 Å². The molecule has 3 rings (SSSR count). The van der Waals surface area contributed by atoms with Gasteiger partial charge in [-0.3, -0.25) is 14.5 Å². The molecule has 0 radical (unpaired) electrons. The predicted octanol–water partition coefficient (Wildman–Crippen LogP) is 3.13. The molecule has 0 unspecified atom stereocenters. The standard InChI is InChI=1S/C19H23BrN4O3S/c1-27-9-6-21-17(25)14-10-13(11-24-7-2-3-8-24)4-5-15(14)22-18(26)16-12-28-19(20)23-16/h4-5,10,12H,2-3,6-9,11H2,1H3,(H,21,25)(H,22,26). The Morgan fingerprint density at radius 1 is 1.29 bits per heavy atom. The lowest BCUT2D eigenvalue weighted by Crippen LogP contribution is -2.28. The number of anilines is 1. The second kappa shape index (κ2) is 10.1. The first kappa shape index (κ1) is 20.9. The van der Waals surface area contributed by atoms with Gasteiger partial charge in [0.05, 0.1) is 17.9 Å². The fourth-order valence-electron chi connectivity index (χ4n) is 3.09. The molecule has 1 aliphatic rings. The summed E-state index contributed by atoms with van der Waals surface area (Å²) in [5, 5.41) is 7.31. The van der Waals surface area contributed by atoms with Crippen LogP contribution in [0.4, 0.5) is 5.69 Å². The molecule has 2 amide bonds. The van der Waals surface area contributed by atoms with Crippen LogP contribution in [0.15, 0.2) is 27.5 Å². The first-order valence-electron chi connectivity index (χ1n) is 9.11. The third-order valence-electron chi connectivity index (χ3n) is 4.48. The number of likely N-dealkylation sites (tertiary alicyclic amines) is 1. The van der Waals surface area contributed by atoms with Crippen LogP contribution in [0, 0.1) is 0 Å². The van der Waals surface area contributed by atoms with Gasteiger partial charge in [0.1, 0.15) is 5.69 Å². The van der Waals surface area contributed by atoms with E-state index in [1.165, 1.54) is 24.2 Å². The number of methoxy groups -OCH3 is 1. The lowest BCUT2D eigenvalue weighted by Gasteiger charge is -2.17. The van der Waals surface area contributed by atoms with Crippen LogP contribution in [-0.2, 0) is 11.3 Å². The number of thiazole rings is 1. The first-order chi connectivity index (χ1) is 13.6. The van der Waals surface area contributed by atoms with E-state index in [9.17, 15) is 9.59 Å². The lowest BCUT2D eigenvalue weighted by molar-refractivity contribution is 0.0938. The van der Waals surface area contributed by atoms with Crippen molar-refractivity contribution in [2.45, 2.75) is 19.4 Å². The van der Waals surface area contributed by atoms with Crippen molar-refractivity contribution in [3.05, 3.63) is 44.3 Å². The zero-order chi connectivity index (χ0) is 19.9. The minimum Gasteiger partial charge on any atom is -0.383 e. The molecule has 1 aromatic carbocycles. The minimum absolute atomic E-state index is 0.241. The number of ether oxygens (including phenoxy) is 1. The molecule has 2 N–H and O–H groups in total. The Morgan fingerprint density at radius 3 is 2.75 bits per heavy atom. The molecule has 0 spiro atoms. The van der Waals surface area contributed by atoms with Gasteiger partial charge in [0.2, 0.25) is 0 Å². The Kier molecular flexibility index (Phi) is 7.55. The van der Waals surface area contributed by atoms with Crippen molar-refractivity contribution in [1.82, 2.24) is 15.2 Å². The predicted molar refractivity (Wildman–Crippen MR) is 113 cm³/mol. The zero-order valence-corrected chi connectivity index (χ0v) is 18.1. The fraction of sp³-hybridized carbons (Fsp3) is 0.421. The molecular formula is C19H23BrN4O3S. The summed E-state index contributed by atoms with van der Waals surface area (Å²) in [5.41, 5.74) is 2.27. The Bertz CT molecular complexity index is 836. The maximum absolute atomic E-state index is 12.7. The normalized spacial score (nSPS) is 14.2. The number of hydrogen-bond acceptors (Lipinski definition) is 6. The smallest absolute Gasteiger partial charge is 0.275 e. The molecule has 0 saturated carbocycles. The van der Waals surface area contributed by atoms with Crippen molar-refractivity contribution in [3.8, 4) is 0 Å². The summed E-state index contributed by atoms with van der Waals surface area (Å²) in [7, 11) is 1.58. The molecule has 150 valence electrons. The van der Waals surface area contributed by atoms with Gasteiger partial charge < -0.3 is 15.4 Å². The van der Waals surface area contributed by atoms with E-state index in [0.717, 1.165) is 25.2 Å². The first-order valence-corrected chi connectivity index (χ1v) is 10.8. The van der Waals surface area contributed by atoms with Gasteiger partial charge in [-0.05, 0) is 59.6 Å². The molecule has 7 nitrogen and oxygen atoms in total. The second-order valence-corrected chi connectivity index (χ2v) is 8.69. The highest BCUT2D eigenvalue weighted by atomic mass is 79.9. The Balaban J connectivity index is 1.79. The van der Waals surface area contributed by atoms with Gasteiger partial charge in [-0.2, -0.15) is 0 Å². The molecule has 28 heavy (non-hydrogen) atoms. The monoisotopic (exact) mass is 466 g/mol. The highest BCUT2D eigenvalue weighted by Gasteiger charge is 2.18. The number of rotatable bonds is 8. The number of aromatic nitrogens is 1. The molecule has 1 aromatic heterocycles.